The molecule has 2 rings (SSSR count). The maximum atomic E-state index is 12.1. The molecule has 0 aromatic heterocycles. The number of carbonyl (C=O) groups is 1. The second-order valence-corrected chi connectivity index (χ2v) is 5.73. The molecule has 6 nitrogen and oxygen atoms in total. The molecule has 0 bridgehead atoms. The number of hydrogen-bond acceptors (Lipinski definition) is 4. The maximum Gasteiger partial charge on any atom is 0.319 e. The summed E-state index contributed by atoms with van der Waals surface area (Å²) < 4.78 is 16.0. The minimum atomic E-state index is -0.238. The number of hydrogen-bond donors (Lipinski definition) is 2. The highest BCUT2D eigenvalue weighted by molar-refractivity contribution is 5.90. The van der Waals surface area contributed by atoms with E-state index in [1.165, 1.54) is 0 Å². The van der Waals surface area contributed by atoms with Crippen LogP contribution < -0.4 is 24.8 Å². The highest BCUT2D eigenvalue weighted by atomic mass is 16.5. The molecule has 0 spiro atoms. The molecule has 140 valence electrons. The predicted molar refractivity (Wildman–Crippen MR) is 103 cm³/mol. The summed E-state index contributed by atoms with van der Waals surface area (Å²) in [5, 5.41) is 5.72. The molecule has 0 fully saturated rings. The van der Waals surface area contributed by atoms with E-state index in [1.54, 1.807) is 14.2 Å². The lowest BCUT2D eigenvalue weighted by atomic mass is 10.1. The standard InChI is InChI=1S/C20H26N2O4/c1-5-26-16-7-8-17(14(2)12-16)22-20(23)21-11-10-15-6-9-18(24-3)19(13-15)25-4/h6-9,12-13H,5,10-11H2,1-4H3,(H2,21,22,23). The number of nitrogens with one attached hydrogen (secondary N) is 2. The molecule has 2 amide bonds. The molecule has 0 saturated heterocycles. The Bertz CT molecular complexity index is 747. The SMILES string of the molecule is CCOc1ccc(NC(=O)NCCc2ccc(OC)c(OC)c2)c(C)c1. The number of benzene rings is 2. The van der Waals surface area contributed by atoms with Crippen molar-refractivity contribution >= 4 is 11.7 Å². The van der Waals surface area contributed by atoms with E-state index in [9.17, 15) is 4.79 Å². The van der Waals surface area contributed by atoms with Gasteiger partial charge in [0.05, 0.1) is 20.8 Å². The maximum absolute atomic E-state index is 12.1. The fourth-order valence-electron chi connectivity index (χ4n) is 2.56. The van der Waals surface area contributed by atoms with Gasteiger partial charge < -0.3 is 24.8 Å². The van der Waals surface area contributed by atoms with Gasteiger partial charge in [0, 0.05) is 12.2 Å². The second-order valence-electron chi connectivity index (χ2n) is 5.73. The van der Waals surface area contributed by atoms with Crippen LogP contribution in [-0.4, -0.2) is 33.4 Å². The van der Waals surface area contributed by atoms with Gasteiger partial charge in [-0.25, -0.2) is 4.79 Å². The quantitative estimate of drug-likeness (QED) is 0.754. The third-order valence-electron chi connectivity index (χ3n) is 3.90. The molecule has 0 aliphatic rings. The van der Waals surface area contributed by atoms with Crippen LogP contribution in [0.4, 0.5) is 10.5 Å². The van der Waals surface area contributed by atoms with E-state index in [0.717, 1.165) is 22.6 Å². The zero-order valence-electron chi connectivity index (χ0n) is 15.7. The number of urea groups is 1. The molecule has 0 heterocycles. The second kappa shape index (κ2) is 9.56. The van der Waals surface area contributed by atoms with Crippen molar-refractivity contribution in [3.8, 4) is 17.2 Å². The Morgan fingerprint density at radius 1 is 1.04 bits per heavy atom. The van der Waals surface area contributed by atoms with Gasteiger partial charge in [-0.1, -0.05) is 6.07 Å². The van der Waals surface area contributed by atoms with E-state index < -0.39 is 0 Å². The zero-order chi connectivity index (χ0) is 18.9. The number of ether oxygens (including phenoxy) is 3. The van der Waals surface area contributed by atoms with Crippen LogP contribution in [0.15, 0.2) is 36.4 Å². The summed E-state index contributed by atoms with van der Waals surface area (Å²) >= 11 is 0. The summed E-state index contributed by atoms with van der Waals surface area (Å²) in [6.45, 7) is 5.00. The number of rotatable bonds is 8. The molecule has 6 heteroatoms. The van der Waals surface area contributed by atoms with Crippen LogP contribution in [0.2, 0.25) is 0 Å². The monoisotopic (exact) mass is 358 g/mol. The zero-order valence-corrected chi connectivity index (χ0v) is 15.7. The molecule has 0 atom stereocenters. The predicted octanol–water partition coefficient (Wildman–Crippen LogP) is 3.78. The lowest BCUT2D eigenvalue weighted by Gasteiger charge is -2.12. The first-order valence-corrected chi connectivity index (χ1v) is 8.56. The summed E-state index contributed by atoms with van der Waals surface area (Å²) in [4.78, 5) is 12.1. The van der Waals surface area contributed by atoms with Crippen molar-refractivity contribution in [1.29, 1.82) is 0 Å². The van der Waals surface area contributed by atoms with Gasteiger partial charge in [-0.2, -0.15) is 0 Å². The molecule has 0 aliphatic heterocycles. The smallest absolute Gasteiger partial charge is 0.319 e. The van der Waals surface area contributed by atoms with Gasteiger partial charge >= 0.3 is 6.03 Å². The third kappa shape index (κ3) is 5.31. The molecule has 2 N–H and O–H groups in total. The third-order valence-corrected chi connectivity index (χ3v) is 3.90. The van der Waals surface area contributed by atoms with E-state index in [2.05, 4.69) is 10.6 Å². The number of carbonyl (C=O) groups excluding carboxylic acids is 1. The molecule has 0 unspecified atom stereocenters. The van der Waals surface area contributed by atoms with Crippen molar-refractivity contribution in [3.05, 3.63) is 47.5 Å². The van der Waals surface area contributed by atoms with Crippen LogP contribution in [0.3, 0.4) is 0 Å². The molecular formula is C20H26N2O4. The van der Waals surface area contributed by atoms with Crippen molar-refractivity contribution < 1.29 is 19.0 Å². The number of aryl methyl sites for hydroxylation is 1. The Balaban J connectivity index is 1.85. The summed E-state index contributed by atoms with van der Waals surface area (Å²) in [5.74, 6) is 2.16. The van der Waals surface area contributed by atoms with Gasteiger partial charge in [-0.05, 0) is 61.7 Å². The normalized spacial score (nSPS) is 10.2. The average Bonchev–Trinajstić information content (AvgIpc) is 2.64. The van der Waals surface area contributed by atoms with E-state index in [0.29, 0.717) is 31.1 Å². The number of methoxy groups -OCH3 is 2. The van der Waals surface area contributed by atoms with Crippen LogP contribution in [-0.2, 0) is 6.42 Å². The number of anilines is 1. The summed E-state index contributed by atoms with van der Waals surface area (Å²) in [6.07, 6.45) is 0.691. The van der Waals surface area contributed by atoms with Crippen LogP contribution in [0, 0.1) is 6.92 Å². The molecular weight excluding hydrogens is 332 g/mol. The van der Waals surface area contributed by atoms with E-state index in [-0.39, 0.29) is 6.03 Å². The van der Waals surface area contributed by atoms with E-state index in [4.69, 9.17) is 14.2 Å². The molecule has 0 saturated carbocycles. The lowest BCUT2D eigenvalue weighted by Crippen LogP contribution is -2.30. The molecule has 0 radical (unpaired) electrons. The van der Waals surface area contributed by atoms with Gasteiger partial charge in [-0.15, -0.1) is 0 Å². The molecule has 26 heavy (non-hydrogen) atoms. The van der Waals surface area contributed by atoms with Crippen LogP contribution in [0.1, 0.15) is 18.1 Å². The highest BCUT2D eigenvalue weighted by Crippen LogP contribution is 2.27. The first-order chi connectivity index (χ1) is 12.6. The fourth-order valence-corrected chi connectivity index (χ4v) is 2.56. The van der Waals surface area contributed by atoms with Crippen LogP contribution in [0.5, 0.6) is 17.2 Å². The van der Waals surface area contributed by atoms with Crippen LogP contribution >= 0.6 is 0 Å². The highest BCUT2D eigenvalue weighted by Gasteiger charge is 2.07. The minimum absolute atomic E-state index is 0.238. The van der Waals surface area contributed by atoms with Gasteiger partial charge in [0.2, 0.25) is 0 Å². The Labute approximate surface area is 154 Å². The van der Waals surface area contributed by atoms with Crippen molar-refractivity contribution in [1.82, 2.24) is 5.32 Å². The van der Waals surface area contributed by atoms with E-state index in [1.807, 2.05) is 50.2 Å². The Hall–Kier alpha value is -2.89. The van der Waals surface area contributed by atoms with Crippen molar-refractivity contribution in [3.63, 3.8) is 0 Å². The van der Waals surface area contributed by atoms with Crippen molar-refractivity contribution in [2.24, 2.45) is 0 Å². The van der Waals surface area contributed by atoms with Crippen molar-refractivity contribution in [2.45, 2.75) is 20.3 Å². The topological polar surface area (TPSA) is 68.8 Å². The summed E-state index contributed by atoms with van der Waals surface area (Å²) in [7, 11) is 3.21. The Morgan fingerprint density at radius 2 is 1.81 bits per heavy atom. The molecule has 2 aromatic rings. The molecule has 2 aromatic carbocycles. The average molecular weight is 358 g/mol. The van der Waals surface area contributed by atoms with Gasteiger partial charge in [0.1, 0.15) is 5.75 Å². The van der Waals surface area contributed by atoms with Crippen molar-refractivity contribution in [2.75, 3.05) is 32.7 Å². The minimum Gasteiger partial charge on any atom is -0.494 e. The lowest BCUT2D eigenvalue weighted by molar-refractivity contribution is 0.252. The fraction of sp³-hybridized carbons (Fsp3) is 0.350. The van der Waals surface area contributed by atoms with Gasteiger partial charge in [0.15, 0.2) is 11.5 Å². The first kappa shape index (κ1) is 19.4. The molecule has 0 aliphatic carbocycles. The summed E-state index contributed by atoms with van der Waals surface area (Å²) in [6, 6.07) is 11.1. The largest absolute Gasteiger partial charge is 0.494 e. The Kier molecular flexibility index (Phi) is 7.14. The first-order valence-electron chi connectivity index (χ1n) is 8.56. The summed E-state index contributed by atoms with van der Waals surface area (Å²) in [5.41, 5.74) is 2.77. The Morgan fingerprint density at radius 3 is 2.46 bits per heavy atom. The van der Waals surface area contributed by atoms with Gasteiger partial charge in [-0.3, -0.25) is 0 Å². The number of amides is 2. The van der Waals surface area contributed by atoms with Gasteiger partial charge in [0.25, 0.3) is 0 Å². The van der Waals surface area contributed by atoms with Crippen LogP contribution in [0.25, 0.3) is 0 Å². The van der Waals surface area contributed by atoms with E-state index >= 15 is 0 Å².